The monoisotopic (exact) mass is 306 g/mol. The molecule has 0 fully saturated rings. The Morgan fingerprint density at radius 3 is 2.50 bits per heavy atom. The Labute approximate surface area is 127 Å². The van der Waals surface area contributed by atoms with Gasteiger partial charge in [-0.2, -0.15) is 13.2 Å². The van der Waals surface area contributed by atoms with Gasteiger partial charge in [0.2, 0.25) is 0 Å². The SMILES string of the molecule is NC1CCCc2ccc(Cc3ccc(C(F)(F)F)cc3)nc21. The smallest absolute Gasteiger partial charge is 0.323 e. The maximum atomic E-state index is 12.6. The Morgan fingerprint density at radius 1 is 1.09 bits per heavy atom. The van der Waals surface area contributed by atoms with Crippen LogP contribution in [0.5, 0.6) is 0 Å². The fourth-order valence-corrected chi connectivity index (χ4v) is 2.85. The summed E-state index contributed by atoms with van der Waals surface area (Å²) in [6.45, 7) is 0. The molecule has 1 aromatic heterocycles. The van der Waals surface area contributed by atoms with Gasteiger partial charge < -0.3 is 5.73 Å². The van der Waals surface area contributed by atoms with Crippen LogP contribution in [0.1, 0.15) is 47.0 Å². The Morgan fingerprint density at radius 2 is 1.82 bits per heavy atom. The van der Waals surface area contributed by atoms with Crippen LogP contribution in [0.15, 0.2) is 36.4 Å². The molecular weight excluding hydrogens is 289 g/mol. The number of halogens is 3. The standard InChI is InChI=1S/C17H17F3N2/c18-17(19,20)13-7-4-11(5-8-13)10-14-9-6-12-2-1-3-15(21)16(12)22-14/h4-9,15H,1-3,10,21H2. The zero-order chi connectivity index (χ0) is 15.7. The molecule has 0 radical (unpaired) electrons. The molecule has 0 amide bonds. The summed E-state index contributed by atoms with van der Waals surface area (Å²) in [7, 11) is 0. The first-order valence-corrected chi connectivity index (χ1v) is 7.34. The summed E-state index contributed by atoms with van der Waals surface area (Å²) >= 11 is 0. The van der Waals surface area contributed by atoms with Crippen molar-refractivity contribution in [1.29, 1.82) is 0 Å². The molecule has 1 aliphatic carbocycles. The molecule has 0 aliphatic heterocycles. The van der Waals surface area contributed by atoms with E-state index in [1.165, 1.54) is 17.7 Å². The Kier molecular flexibility index (Phi) is 3.91. The molecular formula is C17H17F3N2. The van der Waals surface area contributed by atoms with Crippen molar-refractivity contribution >= 4 is 0 Å². The average molecular weight is 306 g/mol. The predicted octanol–water partition coefficient (Wildman–Crippen LogP) is 4.03. The number of hydrogen-bond donors (Lipinski definition) is 1. The number of fused-ring (bicyclic) bond motifs is 1. The highest BCUT2D eigenvalue weighted by Crippen LogP contribution is 2.30. The lowest BCUT2D eigenvalue weighted by molar-refractivity contribution is -0.137. The lowest BCUT2D eigenvalue weighted by Crippen LogP contribution is -2.19. The summed E-state index contributed by atoms with van der Waals surface area (Å²) in [6.07, 6.45) is -0.776. The highest BCUT2D eigenvalue weighted by molar-refractivity contribution is 5.32. The highest BCUT2D eigenvalue weighted by atomic mass is 19.4. The highest BCUT2D eigenvalue weighted by Gasteiger charge is 2.29. The van der Waals surface area contributed by atoms with E-state index in [2.05, 4.69) is 4.98 Å². The van der Waals surface area contributed by atoms with Crippen molar-refractivity contribution < 1.29 is 13.2 Å². The molecule has 0 spiro atoms. The van der Waals surface area contributed by atoms with Gasteiger partial charge in [0.15, 0.2) is 0 Å². The first-order chi connectivity index (χ1) is 10.4. The van der Waals surface area contributed by atoms with Crippen LogP contribution >= 0.6 is 0 Å². The molecule has 3 rings (SSSR count). The molecule has 0 saturated heterocycles. The number of rotatable bonds is 2. The topological polar surface area (TPSA) is 38.9 Å². The molecule has 1 aliphatic rings. The lowest BCUT2D eigenvalue weighted by Gasteiger charge is -2.21. The van der Waals surface area contributed by atoms with E-state index in [1.54, 1.807) is 0 Å². The molecule has 1 atom stereocenters. The van der Waals surface area contributed by atoms with Crippen LogP contribution in [0.4, 0.5) is 13.2 Å². The van der Waals surface area contributed by atoms with E-state index in [4.69, 9.17) is 5.73 Å². The van der Waals surface area contributed by atoms with Crippen LogP contribution in [0.25, 0.3) is 0 Å². The quantitative estimate of drug-likeness (QED) is 0.910. The molecule has 1 aromatic carbocycles. The Hall–Kier alpha value is -1.88. The van der Waals surface area contributed by atoms with Crippen LogP contribution < -0.4 is 5.73 Å². The second kappa shape index (κ2) is 5.72. The van der Waals surface area contributed by atoms with E-state index in [0.717, 1.165) is 48.3 Å². The predicted molar refractivity (Wildman–Crippen MR) is 78.4 cm³/mol. The summed E-state index contributed by atoms with van der Waals surface area (Å²) in [5.74, 6) is 0. The maximum Gasteiger partial charge on any atom is 0.416 e. The van der Waals surface area contributed by atoms with Gasteiger partial charge in [0.05, 0.1) is 11.3 Å². The second-order valence-electron chi connectivity index (χ2n) is 5.72. The van der Waals surface area contributed by atoms with Gasteiger partial charge in [-0.25, -0.2) is 0 Å². The minimum absolute atomic E-state index is 0.0312. The van der Waals surface area contributed by atoms with Gasteiger partial charge in [0, 0.05) is 18.2 Å². The van der Waals surface area contributed by atoms with Crippen molar-refractivity contribution in [2.24, 2.45) is 5.73 Å². The second-order valence-corrected chi connectivity index (χ2v) is 5.72. The summed E-state index contributed by atoms with van der Waals surface area (Å²) in [5, 5.41) is 0. The van der Waals surface area contributed by atoms with E-state index < -0.39 is 11.7 Å². The molecule has 116 valence electrons. The van der Waals surface area contributed by atoms with Crippen molar-refractivity contribution in [3.63, 3.8) is 0 Å². The van der Waals surface area contributed by atoms with Crippen LogP contribution in [0, 0.1) is 0 Å². The molecule has 22 heavy (non-hydrogen) atoms. The van der Waals surface area contributed by atoms with Crippen LogP contribution in [-0.4, -0.2) is 4.98 Å². The third-order valence-electron chi connectivity index (χ3n) is 4.05. The summed E-state index contributed by atoms with van der Waals surface area (Å²) < 4.78 is 37.7. The fraction of sp³-hybridized carbons (Fsp3) is 0.353. The third kappa shape index (κ3) is 3.14. The van der Waals surface area contributed by atoms with E-state index in [-0.39, 0.29) is 6.04 Å². The normalized spacial score (nSPS) is 18.1. The minimum atomic E-state index is -4.30. The van der Waals surface area contributed by atoms with E-state index >= 15 is 0 Å². The number of nitrogens with two attached hydrogens (primary N) is 1. The summed E-state index contributed by atoms with van der Waals surface area (Å²) in [5.41, 5.74) is 9.24. The lowest BCUT2D eigenvalue weighted by atomic mass is 9.92. The van der Waals surface area contributed by atoms with Crippen molar-refractivity contribution in [3.8, 4) is 0 Å². The van der Waals surface area contributed by atoms with Gasteiger partial charge in [-0.1, -0.05) is 18.2 Å². The van der Waals surface area contributed by atoms with Crippen molar-refractivity contribution in [2.45, 2.75) is 37.9 Å². The molecule has 1 unspecified atom stereocenters. The summed E-state index contributed by atoms with van der Waals surface area (Å²) in [4.78, 5) is 4.61. The molecule has 0 saturated carbocycles. The largest absolute Gasteiger partial charge is 0.416 e. The number of benzene rings is 1. The first-order valence-electron chi connectivity index (χ1n) is 7.34. The van der Waals surface area contributed by atoms with Gasteiger partial charge in [-0.3, -0.25) is 4.98 Å². The number of pyridine rings is 1. The van der Waals surface area contributed by atoms with Gasteiger partial charge in [-0.05, 0) is 48.6 Å². The number of aromatic nitrogens is 1. The molecule has 2 nitrogen and oxygen atoms in total. The molecule has 5 heteroatoms. The van der Waals surface area contributed by atoms with Crippen molar-refractivity contribution in [2.75, 3.05) is 0 Å². The van der Waals surface area contributed by atoms with E-state index in [1.807, 2.05) is 12.1 Å². The zero-order valence-electron chi connectivity index (χ0n) is 12.0. The first kappa shape index (κ1) is 15.0. The minimum Gasteiger partial charge on any atom is -0.323 e. The number of alkyl halides is 3. The van der Waals surface area contributed by atoms with Crippen molar-refractivity contribution in [1.82, 2.24) is 4.98 Å². The van der Waals surface area contributed by atoms with Gasteiger partial charge in [0.1, 0.15) is 0 Å². The van der Waals surface area contributed by atoms with Gasteiger partial charge in [0.25, 0.3) is 0 Å². The number of aryl methyl sites for hydroxylation is 1. The van der Waals surface area contributed by atoms with Crippen LogP contribution in [0.2, 0.25) is 0 Å². The zero-order valence-corrected chi connectivity index (χ0v) is 12.0. The Bertz CT molecular complexity index is 663. The van der Waals surface area contributed by atoms with E-state index in [0.29, 0.717) is 6.42 Å². The Balaban J connectivity index is 1.80. The van der Waals surface area contributed by atoms with Gasteiger partial charge in [-0.15, -0.1) is 0 Å². The van der Waals surface area contributed by atoms with Crippen molar-refractivity contribution in [3.05, 3.63) is 64.5 Å². The summed E-state index contributed by atoms with van der Waals surface area (Å²) in [6, 6.07) is 9.18. The van der Waals surface area contributed by atoms with Gasteiger partial charge >= 0.3 is 6.18 Å². The molecule has 0 bridgehead atoms. The van der Waals surface area contributed by atoms with Crippen LogP contribution in [0.3, 0.4) is 0 Å². The number of nitrogens with zero attached hydrogens (tertiary/aromatic N) is 1. The molecule has 1 heterocycles. The molecule has 2 N–H and O–H groups in total. The maximum absolute atomic E-state index is 12.6. The molecule has 2 aromatic rings. The fourth-order valence-electron chi connectivity index (χ4n) is 2.85. The van der Waals surface area contributed by atoms with Crippen LogP contribution in [-0.2, 0) is 19.0 Å². The third-order valence-corrected chi connectivity index (χ3v) is 4.05. The number of hydrogen-bond acceptors (Lipinski definition) is 2. The van der Waals surface area contributed by atoms with E-state index in [9.17, 15) is 13.2 Å². The average Bonchev–Trinajstić information content (AvgIpc) is 2.48.